The van der Waals surface area contributed by atoms with Crippen LogP contribution in [-0.2, 0) is 11.2 Å². The summed E-state index contributed by atoms with van der Waals surface area (Å²) in [4.78, 5) is 10.6. The van der Waals surface area contributed by atoms with Crippen molar-refractivity contribution in [1.82, 2.24) is 9.78 Å². The number of benzene rings is 1. The van der Waals surface area contributed by atoms with E-state index in [0.717, 1.165) is 16.8 Å². The molecule has 88 valence electrons. The standard InChI is InChI=1S/C13H14N2O2/c1-9-3-4-10(2)12(5-9)15-8-11(7-14-15)6-13(16)17/h3-5,7-8H,6H2,1-2H3,(H,16,17). The zero-order chi connectivity index (χ0) is 12.4. The van der Waals surface area contributed by atoms with Crippen LogP contribution in [0, 0.1) is 13.8 Å². The first-order valence-corrected chi connectivity index (χ1v) is 5.39. The predicted molar refractivity (Wildman–Crippen MR) is 64.4 cm³/mol. The van der Waals surface area contributed by atoms with Crippen molar-refractivity contribution in [2.45, 2.75) is 20.3 Å². The van der Waals surface area contributed by atoms with Gasteiger partial charge in [-0.25, -0.2) is 4.68 Å². The Bertz CT molecular complexity index is 558. The molecule has 17 heavy (non-hydrogen) atoms. The van der Waals surface area contributed by atoms with Crippen molar-refractivity contribution in [3.05, 3.63) is 47.3 Å². The highest BCUT2D eigenvalue weighted by Crippen LogP contribution is 2.15. The third kappa shape index (κ3) is 2.53. The van der Waals surface area contributed by atoms with Crippen molar-refractivity contribution in [3.63, 3.8) is 0 Å². The van der Waals surface area contributed by atoms with E-state index in [2.05, 4.69) is 5.10 Å². The van der Waals surface area contributed by atoms with Crippen LogP contribution < -0.4 is 0 Å². The van der Waals surface area contributed by atoms with Crippen LogP contribution in [0.3, 0.4) is 0 Å². The minimum atomic E-state index is -0.842. The summed E-state index contributed by atoms with van der Waals surface area (Å²) in [7, 11) is 0. The number of rotatable bonds is 3. The molecule has 0 spiro atoms. The number of carbonyl (C=O) groups is 1. The second-order valence-electron chi connectivity index (χ2n) is 4.15. The molecule has 0 aliphatic carbocycles. The molecule has 0 saturated heterocycles. The lowest BCUT2D eigenvalue weighted by Gasteiger charge is -2.06. The van der Waals surface area contributed by atoms with Gasteiger partial charge < -0.3 is 5.11 Å². The van der Waals surface area contributed by atoms with Crippen molar-refractivity contribution in [3.8, 4) is 5.69 Å². The lowest BCUT2D eigenvalue weighted by atomic mass is 10.1. The van der Waals surface area contributed by atoms with Gasteiger partial charge in [0.15, 0.2) is 0 Å². The van der Waals surface area contributed by atoms with E-state index in [4.69, 9.17) is 5.11 Å². The lowest BCUT2D eigenvalue weighted by Crippen LogP contribution is -2.00. The van der Waals surface area contributed by atoms with Gasteiger partial charge in [0.2, 0.25) is 0 Å². The number of carboxylic acids is 1. The Labute approximate surface area is 99.5 Å². The highest BCUT2D eigenvalue weighted by molar-refractivity contribution is 5.69. The molecule has 0 aliphatic heterocycles. The molecule has 0 aliphatic rings. The van der Waals surface area contributed by atoms with Crippen molar-refractivity contribution in [2.75, 3.05) is 0 Å². The molecule has 0 radical (unpaired) electrons. The average molecular weight is 230 g/mol. The Hall–Kier alpha value is -2.10. The van der Waals surface area contributed by atoms with E-state index in [1.807, 2.05) is 32.0 Å². The number of aromatic nitrogens is 2. The number of hydrogen-bond acceptors (Lipinski definition) is 2. The zero-order valence-corrected chi connectivity index (χ0v) is 9.84. The number of hydrogen-bond donors (Lipinski definition) is 1. The summed E-state index contributed by atoms with van der Waals surface area (Å²) in [6, 6.07) is 6.11. The molecule has 0 unspecified atom stereocenters. The largest absolute Gasteiger partial charge is 0.481 e. The van der Waals surface area contributed by atoms with E-state index in [9.17, 15) is 4.79 Å². The highest BCUT2D eigenvalue weighted by Gasteiger charge is 2.06. The topological polar surface area (TPSA) is 55.1 Å². The summed E-state index contributed by atoms with van der Waals surface area (Å²) in [6.07, 6.45) is 3.36. The summed E-state index contributed by atoms with van der Waals surface area (Å²) in [5.74, 6) is -0.842. The molecule has 0 saturated carbocycles. The van der Waals surface area contributed by atoms with Crippen LogP contribution in [0.5, 0.6) is 0 Å². The van der Waals surface area contributed by atoms with E-state index >= 15 is 0 Å². The Kier molecular flexibility index (Phi) is 2.95. The van der Waals surface area contributed by atoms with Crippen molar-refractivity contribution >= 4 is 5.97 Å². The van der Waals surface area contributed by atoms with E-state index in [0.29, 0.717) is 5.56 Å². The summed E-state index contributed by atoms with van der Waals surface area (Å²) in [5, 5.41) is 12.9. The summed E-state index contributed by atoms with van der Waals surface area (Å²) in [6.45, 7) is 4.03. The van der Waals surface area contributed by atoms with Gasteiger partial charge in [-0.05, 0) is 31.0 Å². The molecule has 2 aromatic rings. The SMILES string of the molecule is Cc1ccc(C)c(-n2cc(CC(=O)O)cn2)c1. The second kappa shape index (κ2) is 4.41. The maximum atomic E-state index is 10.6. The number of aliphatic carboxylic acids is 1. The Balaban J connectivity index is 2.36. The monoisotopic (exact) mass is 230 g/mol. The maximum absolute atomic E-state index is 10.6. The Morgan fingerprint density at radius 2 is 2.18 bits per heavy atom. The summed E-state index contributed by atoms with van der Waals surface area (Å²) >= 11 is 0. The summed E-state index contributed by atoms with van der Waals surface area (Å²) in [5.41, 5.74) is 3.96. The van der Waals surface area contributed by atoms with Crippen LogP contribution in [-0.4, -0.2) is 20.9 Å². The van der Waals surface area contributed by atoms with Gasteiger partial charge in [0.05, 0.1) is 18.3 Å². The third-order valence-electron chi connectivity index (χ3n) is 2.60. The fourth-order valence-electron chi connectivity index (χ4n) is 1.72. The Morgan fingerprint density at radius 1 is 1.41 bits per heavy atom. The average Bonchev–Trinajstić information content (AvgIpc) is 2.69. The minimum Gasteiger partial charge on any atom is -0.481 e. The van der Waals surface area contributed by atoms with Crippen molar-refractivity contribution in [2.24, 2.45) is 0 Å². The molecule has 0 atom stereocenters. The van der Waals surface area contributed by atoms with Gasteiger partial charge in [-0.15, -0.1) is 0 Å². The first-order valence-electron chi connectivity index (χ1n) is 5.39. The number of carboxylic acid groups (broad SMARTS) is 1. The van der Waals surface area contributed by atoms with Crippen LogP contribution in [0.25, 0.3) is 5.69 Å². The van der Waals surface area contributed by atoms with Gasteiger partial charge in [0, 0.05) is 11.8 Å². The van der Waals surface area contributed by atoms with Crippen LogP contribution in [0.4, 0.5) is 0 Å². The number of nitrogens with zero attached hydrogens (tertiary/aromatic N) is 2. The Morgan fingerprint density at radius 3 is 2.88 bits per heavy atom. The van der Waals surface area contributed by atoms with E-state index < -0.39 is 5.97 Å². The molecule has 1 N–H and O–H groups in total. The van der Waals surface area contributed by atoms with Gasteiger partial charge in [-0.2, -0.15) is 5.10 Å². The smallest absolute Gasteiger partial charge is 0.307 e. The fourth-order valence-corrected chi connectivity index (χ4v) is 1.72. The van der Waals surface area contributed by atoms with Crippen LogP contribution >= 0.6 is 0 Å². The van der Waals surface area contributed by atoms with Gasteiger partial charge in [0.1, 0.15) is 0 Å². The molecule has 0 fully saturated rings. The lowest BCUT2D eigenvalue weighted by molar-refractivity contribution is -0.136. The minimum absolute atomic E-state index is 0.00482. The highest BCUT2D eigenvalue weighted by atomic mass is 16.4. The van der Waals surface area contributed by atoms with E-state index in [-0.39, 0.29) is 6.42 Å². The molecular weight excluding hydrogens is 216 g/mol. The molecule has 2 rings (SSSR count). The van der Waals surface area contributed by atoms with E-state index in [1.165, 1.54) is 0 Å². The van der Waals surface area contributed by atoms with Gasteiger partial charge >= 0.3 is 5.97 Å². The first kappa shape index (κ1) is 11.4. The second-order valence-corrected chi connectivity index (χ2v) is 4.15. The normalized spacial score (nSPS) is 10.5. The van der Waals surface area contributed by atoms with Crippen LogP contribution in [0.15, 0.2) is 30.6 Å². The van der Waals surface area contributed by atoms with E-state index in [1.54, 1.807) is 17.1 Å². The number of aryl methyl sites for hydroxylation is 2. The third-order valence-corrected chi connectivity index (χ3v) is 2.60. The maximum Gasteiger partial charge on any atom is 0.307 e. The molecule has 1 heterocycles. The summed E-state index contributed by atoms with van der Waals surface area (Å²) < 4.78 is 1.72. The molecule has 1 aromatic carbocycles. The molecule has 0 bridgehead atoms. The van der Waals surface area contributed by atoms with Crippen molar-refractivity contribution in [1.29, 1.82) is 0 Å². The van der Waals surface area contributed by atoms with Crippen LogP contribution in [0.2, 0.25) is 0 Å². The molecule has 4 nitrogen and oxygen atoms in total. The van der Waals surface area contributed by atoms with Gasteiger partial charge in [0.25, 0.3) is 0 Å². The van der Waals surface area contributed by atoms with Gasteiger partial charge in [-0.1, -0.05) is 12.1 Å². The first-order chi connectivity index (χ1) is 8.06. The molecule has 1 aromatic heterocycles. The quantitative estimate of drug-likeness (QED) is 0.878. The molecule has 4 heteroatoms. The zero-order valence-electron chi connectivity index (χ0n) is 9.84. The predicted octanol–water partition coefficient (Wildman–Crippen LogP) is 2.12. The van der Waals surface area contributed by atoms with Gasteiger partial charge in [-0.3, -0.25) is 4.79 Å². The van der Waals surface area contributed by atoms with Crippen LogP contribution in [0.1, 0.15) is 16.7 Å². The molecular formula is C13H14N2O2. The molecule has 0 amide bonds. The fraction of sp³-hybridized carbons (Fsp3) is 0.231. The van der Waals surface area contributed by atoms with Crippen molar-refractivity contribution < 1.29 is 9.90 Å².